The molecule has 26 heavy (non-hydrogen) atoms. The van der Waals surface area contributed by atoms with E-state index in [1.165, 1.54) is 20.7 Å². The van der Waals surface area contributed by atoms with Gasteiger partial charge in [-0.15, -0.1) is 0 Å². The third kappa shape index (κ3) is 4.28. The van der Waals surface area contributed by atoms with Crippen molar-refractivity contribution in [2.45, 2.75) is 25.7 Å². The Balaban J connectivity index is 1.51. The zero-order chi connectivity index (χ0) is 18.7. The lowest BCUT2D eigenvalue weighted by molar-refractivity contribution is 0.252. The normalized spacial score (nSPS) is 17.1. The second kappa shape index (κ2) is 7.81. The Morgan fingerprint density at radius 3 is 2.50 bits per heavy atom. The molecule has 3 rings (SSSR count). The first-order valence-corrected chi connectivity index (χ1v) is 10.0. The van der Waals surface area contributed by atoms with Gasteiger partial charge in [-0.1, -0.05) is 5.16 Å². The summed E-state index contributed by atoms with van der Waals surface area (Å²) in [6.07, 6.45) is 3.22. The Morgan fingerprint density at radius 1 is 1.23 bits per heavy atom. The molecule has 7 nitrogen and oxygen atoms in total. The molecular weight excluding hydrogens is 359 g/mol. The predicted molar refractivity (Wildman–Crippen MR) is 94.9 cm³/mol. The summed E-state index contributed by atoms with van der Waals surface area (Å²) in [5.74, 6) is 1.13. The highest BCUT2D eigenvalue weighted by molar-refractivity contribution is 7.86. The van der Waals surface area contributed by atoms with E-state index < -0.39 is 10.2 Å². The fourth-order valence-electron chi connectivity index (χ4n) is 3.06. The van der Waals surface area contributed by atoms with Crippen molar-refractivity contribution in [3.63, 3.8) is 0 Å². The molecule has 1 aliphatic heterocycles. The number of hydrogen-bond donors (Lipinski definition) is 0. The van der Waals surface area contributed by atoms with Crippen LogP contribution in [0.2, 0.25) is 0 Å². The molecule has 2 heterocycles. The van der Waals surface area contributed by atoms with E-state index in [0.29, 0.717) is 42.7 Å². The minimum absolute atomic E-state index is 0.309. The summed E-state index contributed by atoms with van der Waals surface area (Å²) < 4.78 is 45.2. The van der Waals surface area contributed by atoms with Crippen LogP contribution in [0.4, 0.5) is 4.39 Å². The van der Waals surface area contributed by atoms with Gasteiger partial charge in [-0.3, -0.25) is 0 Å². The van der Waals surface area contributed by atoms with Gasteiger partial charge in [0, 0.05) is 39.2 Å². The van der Waals surface area contributed by atoms with Crippen molar-refractivity contribution in [2.24, 2.45) is 5.92 Å². The zero-order valence-corrected chi connectivity index (χ0v) is 15.7. The van der Waals surface area contributed by atoms with Gasteiger partial charge in [-0.25, -0.2) is 4.39 Å². The van der Waals surface area contributed by atoms with Gasteiger partial charge in [0.05, 0.1) is 0 Å². The number of aromatic nitrogens is 2. The first kappa shape index (κ1) is 18.9. The molecule has 1 saturated heterocycles. The van der Waals surface area contributed by atoms with Gasteiger partial charge in [0.25, 0.3) is 16.1 Å². The first-order chi connectivity index (χ1) is 12.4. The highest BCUT2D eigenvalue weighted by atomic mass is 32.2. The molecule has 1 aromatic carbocycles. The molecule has 0 unspecified atom stereocenters. The fourth-order valence-corrected chi connectivity index (χ4v) is 4.19. The molecule has 142 valence electrons. The Kier molecular flexibility index (Phi) is 5.69. The molecule has 0 amide bonds. The molecule has 0 aliphatic carbocycles. The summed E-state index contributed by atoms with van der Waals surface area (Å²) >= 11 is 0. The molecule has 1 aliphatic rings. The molecule has 9 heteroatoms. The Labute approximate surface area is 153 Å². The number of aryl methyl sites for hydroxylation is 1. The minimum Gasteiger partial charge on any atom is -0.334 e. The first-order valence-electron chi connectivity index (χ1n) is 8.62. The van der Waals surface area contributed by atoms with Crippen LogP contribution in [0.5, 0.6) is 0 Å². The average Bonchev–Trinajstić information content (AvgIpc) is 3.10. The van der Waals surface area contributed by atoms with Crippen LogP contribution in [-0.4, -0.2) is 54.4 Å². The van der Waals surface area contributed by atoms with E-state index in [4.69, 9.17) is 4.52 Å². The lowest BCUT2D eigenvalue weighted by Gasteiger charge is -2.32. The standard InChI is InChI=1S/C17H23FN4O3S/c1-21(2)26(23,24)22-11-9-13(10-12-22)3-8-16-19-17(25-20-16)14-4-6-15(18)7-5-14/h4-7,13H,3,8-12H2,1-2H3. The second-order valence-electron chi connectivity index (χ2n) is 6.69. The summed E-state index contributed by atoms with van der Waals surface area (Å²) in [5, 5.41) is 3.98. The van der Waals surface area contributed by atoms with Gasteiger partial charge in [0.1, 0.15) is 5.82 Å². The van der Waals surface area contributed by atoms with Crippen molar-refractivity contribution in [1.29, 1.82) is 0 Å². The monoisotopic (exact) mass is 382 g/mol. The second-order valence-corrected chi connectivity index (χ2v) is 8.84. The van der Waals surface area contributed by atoms with Gasteiger partial charge >= 0.3 is 0 Å². The van der Waals surface area contributed by atoms with Crippen LogP contribution in [0.1, 0.15) is 25.1 Å². The zero-order valence-electron chi connectivity index (χ0n) is 14.9. The summed E-state index contributed by atoms with van der Waals surface area (Å²) in [6, 6.07) is 5.92. The quantitative estimate of drug-likeness (QED) is 0.766. The van der Waals surface area contributed by atoms with Gasteiger partial charge in [0.2, 0.25) is 0 Å². The molecule has 1 fully saturated rings. The van der Waals surface area contributed by atoms with Gasteiger partial charge in [-0.05, 0) is 49.4 Å². The number of rotatable bonds is 6. The maximum absolute atomic E-state index is 13.0. The molecule has 0 radical (unpaired) electrons. The van der Waals surface area contributed by atoms with Crippen LogP contribution in [0.3, 0.4) is 0 Å². The van der Waals surface area contributed by atoms with Crippen LogP contribution in [0, 0.1) is 11.7 Å². The molecule has 2 aromatic rings. The summed E-state index contributed by atoms with van der Waals surface area (Å²) in [4.78, 5) is 4.36. The van der Waals surface area contributed by atoms with Crippen molar-refractivity contribution in [3.8, 4) is 11.5 Å². The van der Waals surface area contributed by atoms with E-state index in [1.807, 2.05) is 0 Å². The topological polar surface area (TPSA) is 79.5 Å². The molecule has 0 saturated carbocycles. The lowest BCUT2D eigenvalue weighted by atomic mass is 9.93. The van der Waals surface area contributed by atoms with Crippen LogP contribution >= 0.6 is 0 Å². The molecule has 0 atom stereocenters. The van der Waals surface area contributed by atoms with Crippen LogP contribution in [0.25, 0.3) is 11.5 Å². The molecule has 1 aromatic heterocycles. The van der Waals surface area contributed by atoms with Crippen molar-refractivity contribution >= 4 is 10.2 Å². The SMILES string of the molecule is CN(C)S(=O)(=O)N1CCC(CCc2noc(-c3ccc(F)cc3)n2)CC1. The molecule has 0 N–H and O–H groups in total. The fraction of sp³-hybridized carbons (Fsp3) is 0.529. The molecular formula is C17H23FN4O3S. The number of halogens is 1. The average molecular weight is 382 g/mol. The number of benzene rings is 1. The van der Waals surface area contributed by atoms with Gasteiger partial charge < -0.3 is 4.52 Å². The van der Waals surface area contributed by atoms with Gasteiger partial charge in [-0.2, -0.15) is 22.0 Å². The van der Waals surface area contributed by atoms with Crippen LogP contribution in [-0.2, 0) is 16.6 Å². The molecule has 0 spiro atoms. The maximum Gasteiger partial charge on any atom is 0.281 e. The maximum atomic E-state index is 13.0. The highest BCUT2D eigenvalue weighted by Gasteiger charge is 2.29. The van der Waals surface area contributed by atoms with E-state index in [2.05, 4.69) is 10.1 Å². The van der Waals surface area contributed by atoms with Crippen LogP contribution < -0.4 is 0 Å². The van der Waals surface area contributed by atoms with Crippen molar-refractivity contribution in [1.82, 2.24) is 18.8 Å². The third-order valence-corrected chi connectivity index (χ3v) is 6.64. The van der Waals surface area contributed by atoms with Crippen molar-refractivity contribution in [2.75, 3.05) is 27.2 Å². The van der Waals surface area contributed by atoms with E-state index >= 15 is 0 Å². The third-order valence-electron chi connectivity index (χ3n) is 4.70. The Morgan fingerprint density at radius 2 is 1.88 bits per heavy atom. The summed E-state index contributed by atoms with van der Waals surface area (Å²) in [6.45, 7) is 1.08. The van der Waals surface area contributed by atoms with E-state index in [1.54, 1.807) is 26.2 Å². The van der Waals surface area contributed by atoms with Crippen LogP contribution in [0.15, 0.2) is 28.8 Å². The number of nitrogens with zero attached hydrogens (tertiary/aromatic N) is 4. The van der Waals surface area contributed by atoms with Crippen molar-refractivity contribution < 1.29 is 17.3 Å². The smallest absolute Gasteiger partial charge is 0.281 e. The van der Waals surface area contributed by atoms with E-state index in [0.717, 1.165) is 19.3 Å². The van der Waals surface area contributed by atoms with Gasteiger partial charge in [0.15, 0.2) is 5.82 Å². The molecule has 0 bridgehead atoms. The largest absolute Gasteiger partial charge is 0.334 e. The number of hydrogen-bond acceptors (Lipinski definition) is 5. The Hall–Kier alpha value is -1.84. The summed E-state index contributed by atoms with van der Waals surface area (Å²) in [5.41, 5.74) is 0.687. The van der Waals surface area contributed by atoms with Crippen molar-refractivity contribution in [3.05, 3.63) is 35.9 Å². The van der Waals surface area contributed by atoms with E-state index in [9.17, 15) is 12.8 Å². The number of piperidine rings is 1. The Bertz CT molecular complexity index is 828. The highest BCUT2D eigenvalue weighted by Crippen LogP contribution is 2.25. The minimum atomic E-state index is -3.32. The predicted octanol–water partition coefficient (Wildman–Crippen LogP) is 2.33. The lowest BCUT2D eigenvalue weighted by Crippen LogP contribution is -2.44. The van der Waals surface area contributed by atoms with E-state index in [-0.39, 0.29) is 5.82 Å². The summed E-state index contributed by atoms with van der Waals surface area (Å²) in [7, 11) is -0.217.